The van der Waals surface area contributed by atoms with Crippen LogP contribution in [0.25, 0.3) is 10.9 Å². The summed E-state index contributed by atoms with van der Waals surface area (Å²) in [6, 6.07) is 6.98. The van der Waals surface area contributed by atoms with Crippen molar-refractivity contribution in [2.75, 3.05) is 18.0 Å². The van der Waals surface area contributed by atoms with Gasteiger partial charge in [-0.25, -0.2) is 0 Å². The van der Waals surface area contributed by atoms with Crippen LogP contribution in [0.2, 0.25) is 0 Å². The van der Waals surface area contributed by atoms with Crippen LogP contribution in [0.5, 0.6) is 0 Å². The van der Waals surface area contributed by atoms with E-state index in [-0.39, 0.29) is 10.6 Å². The molecular weight excluding hydrogens is 266 g/mol. The van der Waals surface area contributed by atoms with E-state index in [9.17, 15) is 10.1 Å². The number of non-ortho nitro benzene ring substituents is 1. The Hall–Kier alpha value is -2.17. The second-order valence-corrected chi connectivity index (χ2v) is 6.11. The van der Waals surface area contributed by atoms with Crippen molar-refractivity contribution in [3.8, 4) is 0 Å². The van der Waals surface area contributed by atoms with Crippen LogP contribution in [0.4, 0.5) is 11.4 Å². The first-order valence-corrected chi connectivity index (χ1v) is 7.33. The molecule has 1 saturated heterocycles. The van der Waals surface area contributed by atoms with E-state index in [1.807, 2.05) is 6.07 Å². The van der Waals surface area contributed by atoms with Gasteiger partial charge in [0.05, 0.1) is 16.0 Å². The lowest BCUT2D eigenvalue weighted by molar-refractivity contribution is -0.383. The molecule has 3 rings (SSSR count). The van der Waals surface area contributed by atoms with Crippen LogP contribution in [-0.4, -0.2) is 23.0 Å². The molecule has 0 aliphatic carbocycles. The van der Waals surface area contributed by atoms with E-state index in [0.29, 0.717) is 17.2 Å². The number of hydrogen-bond donors (Lipinski definition) is 0. The highest BCUT2D eigenvalue weighted by atomic mass is 16.6. The van der Waals surface area contributed by atoms with Crippen molar-refractivity contribution in [3.63, 3.8) is 0 Å². The Bertz CT molecular complexity index is 676. The smallest absolute Gasteiger partial charge is 0.278 e. The molecule has 110 valence electrons. The Balaban J connectivity index is 2.11. The van der Waals surface area contributed by atoms with Crippen LogP contribution in [-0.2, 0) is 0 Å². The Morgan fingerprint density at radius 2 is 1.95 bits per heavy atom. The molecule has 1 aromatic heterocycles. The predicted molar refractivity (Wildman–Crippen MR) is 83.6 cm³/mol. The van der Waals surface area contributed by atoms with Gasteiger partial charge >= 0.3 is 0 Å². The molecule has 0 radical (unpaired) electrons. The number of aromatic nitrogens is 1. The minimum absolute atomic E-state index is 0.125. The minimum atomic E-state index is -0.338. The summed E-state index contributed by atoms with van der Waals surface area (Å²) in [4.78, 5) is 17.6. The largest absolute Gasteiger partial charge is 0.369 e. The first-order chi connectivity index (χ1) is 10.1. The number of nitro benzene ring substituents is 1. The van der Waals surface area contributed by atoms with Crippen molar-refractivity contribution in [3.05, 3.63) is 40.6 Å². The van der Waals surface area contributed by atoms with Gasteiger partial charge in [-0.3, -0.25) is 15.1 Å². The Morgan fingerprint density at radius 3 is 2.62 bits per heavy atom. The molecule has 1 fully saturated rings. The zero-order valence-corrected chi connectivity index (χ0v) is 12.3. The van der Waals surface area contributed by atoms with Crippen molar-refractivity contribution < 1.29 is 4.92 Å². The van der Waals surface area contributed by atoms with Gasteiger partial charge in [-0.1, -0.05) is 13.8 Å². The lowest BCUT2D eigenvalue weighted by Gasteiger charge is -2.36. The SMILES string of the molecule is CC1CC(C)CN(c2ccc([N+](=O)[O-])c3cccnc23)C1. The maximum Gasteiger partial charge on any atom is 0.278 e. The summed E-state index contributed by atoms with van der Waals surface area (Å²) in [5, 5.41) is 11.8. The van der Waals surface area contributed by atoms with E-state index in [1.165, 1.54) is 6.42 Å². The molecular formula is C16H19N3O2. The zero-order chi connectivity index (χ0) is 15.0. The molecule has 2 aromatic rings. The van der Waals surface area contributed by atoms with Crippen molar-refractivity contribution >= 4 is 22.3 Å². The van der Waals surface area contributed by atoms with Crippen LogP contribution < -0.4 is 4.90 Å². The average molecular weight is 285 g/mol. The third kappa shape index (κ3) is 2.55. The molecule has 21 heavy (non-hydrogen) atoms. The van der Waals surface area contributed by atoms with Crippen molar-refractivity contribution in [2.45, 2.75) is 20.3 Å². The Labute approximate surface area is 123 Å². The van der Waals surface area contributed by atoms with Crippen molar-refractivity contribution in [2.24, 2.45) is 11.8 Å². The third-order valence-electron chi connectivity index (χ3n) is 4.13. The van der Waals surface area contributed by atoms with Crippen molar-refractivity contribution in [1.29, 1.82) is 0 Å². The lowest BCUT2D eigenvalue weighted by atomic mass is 9.91. The highest BCUT2D eigenvalue weighted by molar-refractivity contribution is 5.97. The van der Waals surface area contributed by atoms with Crippen molar-refractivity contribution in [1.82, 2.24) is 4.98 Å². The summed E-state index contributed by atoms with van der Waals surface area (Å²) in [6.07, 6.45) is 2.93. The quantitative estimate of drug-likeness (QED) is 0.624. The first-order valence-electron chi connectivity index (χ1n) is 7.33. The number of pyridine rings is 1. The molecule has 2 unspecified atom stereocenters. The third-order valence-corrected chi connectivity index (χ3v) is 4.13. The topological polar surface area (TPSA) is 59.3 Å². The van der Waals surface area contributed by atoms with E-state index in [2.05, 4.69) is 23.7 Å². The molecule has 2 atom stereocenters. The molecule has 5 heteroatoms. The van der Waals surface area contributed by atoms with Gasteiger partial charge < -0.3 is 4.90 Å². The maximum atomic E-state index is 11.2. The summed E-state index contributed by atoms with van der Waals surface area (Å²) in [5.41, 5.74) is 1.86. The standard InChI is InChI=1S/C16H19N3O2/c1-11-8-12(2)10-18(9-11)15-6-5-14(19(20)21)13-4-3-7-17-16(13)15/h3-7,11-12H,8-10H2,1-2H3. The van der Waals surface area contributed by atoms with Gasteiger partial charge in [0, 0.05) is 25.4 Å². The van der Waals surface area contributed by atoms with E-state index in [4.69, 9.17) is 0 Å². The summed E-state index contributed by atoms with van der Waals surface area (Å²) in [6.45, 7) is 6.47. The maximum absolute atomic E-state index is 11.2. The second kappa shape index (κ2) is 5.31. The lowest BCUT2D eigenvalue weighted by Crippen LogP contribution is -2.38. The molecule has 0 saturated carbocycles. The fourth-order valence-corrected chi connectivity index (χ4v) is 3.42. The first kappa shape index (κ1) is 13.8. The highest BCUT2D eigenvalue weighted by Crippen LogP contribution is 2.34. The summed E-state index contributed by atoms with van der Waals surface area (Å²) in [7, 11) is 0. The Morgan fingerprint density at radius 1 is 1.24 bits per heavy atom. The molecule has 0 amide bonds. The number of rotatable bonds is 2. The van der Waals surface area contributed by atoms with Gasteiger partial charge in [-0.2, -0.15) is 0 Å². The average Bonchev–Trinajstić information content (AvgIpc) is 2.44. The van der Waals surface area contributed by atoms with E-state index < -0.39 is 0 Å². The van der Waals surface area contributed by atoms with E-state index >= 15 is 0 Å². The molecule has 1 aliphatic heterocycles. The molecule has 5 nitrogen and oxygen atoms in total. The molecule has 2 heterocycles. The summed E-state index contributed by atoms with van der Waals surface area (Å²) < 4.78 is 0. The minimum Gasteiger partial charge on any atom is -0.369 e. The number of nitrogens with zero attached hydrogens (tertiary/aromatic N) is 3. The molecule has 0 spiro atoms. The van der Waals surface area contributed by atoms with E-state index in [1.54, 1.807) is 24.4 Å². The van der Waals surface area contributed by atoms with Gasteiger partial charge in [0.25, 0.3) is 5.69 Å². The summed E-state index contributed by atoms with van der Waals surface area (Å²) in [5.74, 6) is 1.26. The number of anilines is 1. The van der Waals surface area contributed by atoms with Gasteiger partial charge in [0.15, 0.2) is 0 Å². The van der Waals surface area contributed by atoms with Crippen LogP contribution in [0.1, 0.15) is 20.3 Å². The fourth-order valence-electron chi connectivity index (χ4n) is 3.42. The van der Waals surface area contributed by atoms with Crippen LogP contribution in [0.3, 0.4) is 0 Å². The van der Waals surface area contributed by atoms with Crippen LogP contribution in [0.15, 0.2) is 30.5 Å². The fraction of sp³-hybridized carbons (Fsp3) is 0.438. The number of fused-ring (bicyclic) bond motifs is 1. The second-order valence-electron chi connectivity index (χ2n) is 6.11. The molecule has 1 aliphatic rings. The van der Waals surface area contributed by atoms with E-state index in [0.717, 1.165) is 24.3 Å². The Kier molecular flexibility index (Phi) is 3.49. The summed E-state index contributed by atoms with van der Waals surface area (Å²) >= 11 is 0. The highest BCUT2D eigenvalue weighted by Gasteiger charge is 2.25. The number of nitro groups is 1. The van der Waals surface area contributed by atoms with Gasteiger partial charge in [-0.05, 0) is 36.5 Å². The normalized spacial score (nSPS) is 22.5. The van der Waals surface area contributed by atoms with Crippen LogP contribution in [0, 0.1) is 22.0 Å². The number of benzene rings is 1. The monoisotopic (exact) mass is 285 g/mol. The van der Waals surface area contributed by atoms with Gasteiger partial charge in [0.2, 0.25) is 0 Å². The number of hydrogen-bond acceptors (Lipinski definition) is 4. The number of piperidine rings is 1. The molecule has 0 N–H and O–H groups in total. The zero-order valence-electron chi connectivity index (χ0n) is 12.3. The van der Waals surface area contributed by atoms with Gasteiger partial charge in [-0.15, -0.1) is 0 Å². The molecule has 1 aromatic carbocycles. The predicted octanol–water partition coefficient (Wildman–Crippen LogP) is 3.63. The van der Waals surface area contributed by atoms with Gasteiger partial charge in [0.1, 0.15) is 5.52 Å². The molecule has 0 bridgehead atoms. The van der Waals surface area contributed by atoms with Crippen LogP contribution >= 0.6 is 0 Å².